The van der Waals surface area contributed by atoms with E-state index in [1.165, 1.54) is 0 Å². The molecule has 2 N–H and O–H groups in total. The summed E-state index contributed by atoms with van der Waals surface area (Å²) in [6.07, 6.45) is 0.263. The lowest BCUT2D eigenvalue weighted by atomic mass is 10.1. The molecular formula is C16H16Cl2N2O. The topological polar surface area (TPSA) is 46.3 Å². The largest absolute Gasteiger partial charge is 0.399 e. The van der Waals surface area contributed by atoms with E-state index in [1.807, 2.05) is 19.1 Å². The van der Waals surface area contributed by atoms with E-state index in [1.54, 1.807) is 35.2 Å². The van der Waals surface area contributed by atoms with Gasteiger partial charge >= 0.3 is 0 Å². The lowest BCUT2D eigenvalue weighted by Gasteiger charge is -2.21. The molecule has 0 aliphatic rings. The molecule has 110 valence electrons. The summed E-state index contributed by atoms with van der Waals surface area (Å²) in [6.45, 7) is 2.50. The highest BCUT2D eigenvalue weighted by molar-refractivity contribution is 6.42. The maximum atomic E-state index is 12.5. The quantitative estimate of drug-likeness (QED) is 0.858. The van der Waals surface area contributed by atoms with E-state index < -0.39 is 0 Å². The minimum absolute atomic E-state index is 0.0125. The zero-order chi connectivity index (χ0) is 15.4. The molecule has 5 heteroatoms. The third-order valence-corrected chi connectivity index (χ3v) is 3.88. The average Bonchev–Trinajstić information content (AvgIpc) is 2.44. The van der Waals surface area contributed by atoms with Gasteiger partial charge in [-0.1, -0.05) is 35.3 Å². The van der Waals surface area contributed by atoms with Crippen molar-refractivity contribution in [1.29, 1.82) is 0 Å². The number of hydrogen-bond donors (Lipinski definition) is 1. The van der Waals surface area contributed by atoms with Gasteiger partial charge in [0.2, 0.25) is 5.91 Å². The van der Waals surface area contributed by atoms with Gasteiger partial charge in [0.05, 0.1) is 16.5 Å². The number of amides is 1. The number of nitrogens with two attached hydrogens (primary N) is 1. The van der Waals surface area contributed by atoms with Crippen molar-refractivity contribution in [3.63, 3.8) is 0 Å². The van der Waals surface area contributed by atoms with Crippen molar-refractivity contribution in [3.05, 3.63) is 58.1 Å². The van der Waals surface area contributed by atoms with Gasteiger partial charge in [-0.2, -0.15) is 0 Å². The van der Waals surface area contributed by atoms with Gasteiger partial charge < -0.3 is 10.6 Å². The Balaban J connectivity index is 2.18. The molecule has 0 unspecified atom stereocenters. The molecule has 0 aliphatic heterocycles. The molecule has 0 saturated carbocycles. The summed E-state index contributed by atoms with van der Waals surface area (Å²) >= 11 is 11.9. The molecule has 21 heavy (non-hydrogen) atoms. The van der Waals surface area contributed by atoms with Gasteiger partial charge in [-0.05, 0) is 42.8 Å². The Bertz CT molecular complexity index is 658. The molecule has 0 atom stereocenters. The Morgan fingerprint density at radius 3 is 2.52 bits per heavy atom. The summed E-state index contributed by atoms with van der Waals surface area (Å²) in [4.78, 5) is 14.2. The molecule has 1 amide bonds. The first-order chi connectivity index (χ1) is 10.0. The van der Waals surface area contributed by atoms with Crippen molar-refractivity contribution in [1.82, 2.24) is 0 Å². The molecule has 2 aromatic carbocycles. The third kappa shape index (κ3) is 3.90. The van der Waals surface area contributed by atoms with Crippen LogP contribution >= 0.6 is 23.2 Å². The number of hydrogen-bond acceptors (Lipinski definition) is 2. The Morgan fingerprint density at radius 2 is 1.90 bits per heavy atom. The predicted molar refractivity (Wildman–Crippen MR) is 89.0 cm³/mol. The standard InChI is InChI=1S/C16H16Cl2N2O/c1-2-20(13-5-3-4-12(19)10-13)16(21)9-11-6-7-14(17)15(18)8-11/h3-8,10H,2,9,19H2,1H3. The van der Waals surface area contributed by atoms with Gasteiger partial charge in [-0.25, -0.2) is 0 Å². The minimum Gasteiger partial charge on any atom is -0.399 e. The van der Waals surface area contributed by atoms with Crippen LogP contribution in [0.2, 0.25) is 10.0 Å². The smallest absolute Gasteiger partial charge is 0.231 e. The van der Waals surface area contributed by atoms with Gasteiger partial charge in [0.15, 0.2) is 0 Å². The molecule has 0 aromatic heterocycles. The van der Waals surface area contributed by atoms with Crippen molar-refractivity contribution in [2.75, 3.05) is 17.2 Å². The summed E-state index contributed by atoms with van der Waals surface area (Å²) in [5, 5.41) is 0.935. The summed E-state index contributed by atoms with van der Waals surface area (Å²) in [6, 6.07) is 12.5. The molecule has 3 nitrogen and oxygen atoms in total. The van der Waals surface area contributed by atoms with E-state index >= 15 is 0 Å². The fraction of sp³-hybridized carbons (Fsp3) is 0.188. The van der Waals surface area contributed by atoms with E-state index in [4.69, 9.17) is 28.9 Å². The molecule has 0 spiro atoms. The van der Waals surface area contributed by atoms with Crippen LogP contribution in [0.5, 0.6) is 0 Å². The molecule has 2 aromatic rings. The normalized spacial score (nSPS) is 10.4. The summed E-state index contributed by atoms with van der Waals surface area (Å²) in [5.41, 5.74) is 8.03. The molecule has 2 rings (SSSR count). The van der Waals surface area contributed by atoms with Crippen molar-refractivity contribution >= 4 is 40.5 Å². The number of benzene rings is 2. The molecule has 0 bridgehead atoms. The van der Waals surface area contributed by atoms with Crippen LogP contribution in [0, 0.1) is 0 Å². The number of halogens is 2. The number of nitrogens with zero attached hydrogens (tertiary/aromatic N) is 1. The van der Waals surface area contributed by atoms with Crippen molar-refractivity contribution in [3.8, 4) is 0 Å². The van der Waals surface area contributed by atoms with Gasteiger partial charge in [-0.3, -0.25) is 4.79 Å². The minimum atomic E-state index is -0.0125. The average molecular weight is 323 g/mol. The summed E-state index contributed by atoms with van der Waals surface area (Å²) in [5.74, 6) is -0.0125. The first-order valence-corrected chi connectivity index (χ1v) is 7.36. The molecule has 0 heterocycles. The van der Waals surface area contributed by atoms with Crippen LogP contribution < -0.4 is 10.6 Å². The predicted octanol–water partition coefficient (Wildman–Crippen LogP) is 4.17. The Kier molecular flexibility index (Phi) is 5.10. The number of rotatable bonds is 4. The van der Waals surface area contributed by atoms with Crippen molar-refractivity contribution in [2.45, 2.75) is 13.3 Å². The monoisotopic (exact) mass is 322 g/mol. The fourth-order valence-corrected chi connectivity index (χ4v) is 2.44. The van der Waals surface area contributed by atoms with Crippen LogP contribution in [0.4, 0.5) is 11.4 Å². The first kappa shape index (κ1) is 15.7. The number of nitrogen functional groups attached to an aromatic ring is 1. The summed E-state index contributed by atoms with van der Waals surface area (Å²) in [7, 11) is 0. The second-order valence-corrected chi connectivity index (χ2v) is 5.47. The van der Waals surface area contributed by atoms with Gasteiger partial charge in [0.1, 0.15) is 0 Å². The van der Waals surface area contributed by atoms with Crippen LogP contribution in [-0.4, -0.2) is 12.5 Å². The zero-order valence-corrected chi connectivity index (χ0v) is 13.2. The van der Waals surface area contributed by atoms with Gasteiger partial charge in [-0.15, -0.1) is 0 Å². The number of likely N-dealkylation sites (N-methyl/N-ethyl adjacent to an activating group) is 1. The Labute approximate surface area is 134 Å². The second kappa shape index (κ2) is 6.83. The van der Waals surface area contributed by atoms with E-state index in [0.29, 0.717) is 22.3 Å². The van der Waals surface area contributed by atoms with Crippen molar-refractivity contribution < 1.29 is 4.79 Å². The molecule has 0 radical (unpaired) electrons. The molecule has 0 saturated heterocycles. The van der Waals surface area contributed by atoms with Crippen LogP contribution in [0.3, 0.4) is 0 Å². The van der Waals surface area contributed by atoms with Crippen LogP contribution in [0.25, 0.3) is 0 Å². The van der Waals surface area contributed by atoms with Gasteiger partial charge in [0.25, 0.3) is 0 Å². The number of anilines is 2. The van der Waals surface area contributed by atoms with E-state index in [0.717, 1.165) is 11.3 Å². The highest BCUT2D eigenvalue weighted by atomic mass is 35.5. The highest BCUT2D eigenvalue weighted by Gasteiger charge is 2.15. The zero-order valence-electron chi connectivity index (χ0n) is 11.6. The van der Waals surface area contributed by atoms with E-state index in [-0.39, 0.29) is 12.3 Å². The van der Waals surface area contributed by atoms with Crippen molar-refractivity contribution in [2.24, 2.45) is 0 Å². The maximum absolute atomic E-state index is 12.5. The lowest BCUT2D eigenvalue weighted by molar-refractivity contribution is -0.117. The molecule has 0 aliphatic carbocycles. The van der Waals surface area contributed by atoms with Crippen LogP contribution in [0.15, 0.2) is 42.5 Å². The summed E-state index contributed by atoms with van der Waals surface area (Å²) < 4.78 is 0. The highest BCUT2D eigenvalue weighted by Crippen LogP contribution is 2.24. The maximum Gasteiger partial charge on any atom is 0.231 e. The van der Waals surface area contributed by atoms with E-state index in [9.17, 15) is 4.79 Å². The Morgan fingerprint density at radius 1 is 1.14 bits per heavy atom. The van der Waals surface area contributed by atoms with Crippen LogP contribution in [-0.2, 0) is 11.2 Å². The second-order valence-electron chi connectivity index (χ2n) is 4.66. The van der Waals surface area contributed by atoms with E-state index in [2.05, 4.69) is 0 Å². The Hall–Kier alpha value is -1.71. The number of carbonyl (C=O) groups excluding carboxylic acids is 1. The molecular weight excluding hydrogens is 307 g/mol. The third-order valence-electron chi connectivity index (χ3n) is 3.14. The van der Waals surface area contributed by atoms with Gasteiger partial charge in [0, 0.05) is 17.9 Å². The first-order valence-electron chi connectivity index (χ1n) is 6.61. The molecule has 0 fully saturated rings. The SMILES string of the molecule is CCN(C(=O)Cc1ccc(Cl)c(Cl)c1)c1cccc(N)c1. The van der Waals surface area contributed by atoms with Crippen LogP contribution in [0.1, 0.15) is 12.5 Å². The lowest BCUT2D eigenvalue weighted by Crippen LogP contribution is -2.32. The fourth-order valence-electron chi connectivity index (χ4n) is 2.12. The number of carbonyl (C=O) groups is 1.